The average molecular weight is 384 g/mol. The highest BCUT2D eigenvalue weighted by molar-refractivity contribution is 5.95. The van der Waals surface area contributed by atoms with Gasteiger partial charge in [0.2, 0.25) is 6.79 Å². The second-order valence-corrected chi connectivity index (χ2v) is 6.39. The molecule has 144 valence electrons. The third-order valence-corrected chi connectivity index (χ3v) is 4.50. The summed E-state index contributed by atoms with van der Waals surface area (Å²) in [6, 6.07) is 9.67. The zero-order chi connectivity index (χ0) is 19.7. The van der Waals surface area contributed by atoms with Gasteiger partial charge in [0.05, 0.1) is 11.6 Å². The molecule has 8 heteroatoms. The van der Waals surface area contributed by atoms with Crippen molar-refractivity contribution in [3.05, 3.63) is 70.7 Å². The Balaban J connectivity index is 1.54. The number of halogens is 1. The number of hydrogen-bond acceptors (Lipinski definition) is 5. The first kappa shape index (κ1) is 17.8. The van der Waals surface area contributed by atoms with Crippen molar-refractivity contribution in [3.63, 3.8) is 0 Å². The molecule has 0 saturated heterocycles. The van der Waals surface area contributed by atoms with Gasteiger partial charge in [0.1, 0.15) is 12.4 Å². The SMILES string of the molecule is CC1=C(C(=O)OCc2ccc3c(c2)OCO3)[C@@H](c2ccc(F)cc2)NC(=O)N1. The molecule has 2 heterocycles. The molecule has 0 bridgehead atoms. The van der Waals surface area contributed by atoms with E-state index in [1.54, 1.807) is 25.1 Å². The summed E-state index contributed by atoms with van der Waals surface area (Å²) in [5.41, 5.74) is 1.95. The molecular formula is C20H17FN2O5. The van der Waals surface area contributed by atoms with Crippen molar-refractivity contribution in [1.82, 2.24) is 10.6 Å². The average Bonchev–Trinajstić information content (AvgIpc) is 3.14. The van der Waals surface area contributed by atoms with Crippen LogP contribution in [0.1, 0.15) is 24.1 Å². The Morgan fingerprint density at radius 2 is 1.93 bits per heavy atom. The lowest BCUT2D eigenvalue weighted by molar-refractivity contribution is -0.140. The fourth-order valence-corrected chi connectivity index (χ4v) is 3.13. The third kappa shape index (κ3) is 3.48. The van der Waals surface area contributed by atoms with Crippen molar-refractivity contribution >= 4 is 12.0 Å². The number of nitrogens with one attached hydrogen (secondary N) is 2. The summed E-state index contributed by atoms with van der Waals surface area (Å²) in [4.78, 5) is 24.6. The molecular weight excluding hydrogens is 367 g/mol. The van der Waals surface area contributed by atoms with Gasteiger partial charge < -0.3 is 24.8 Å². The van der Waals surface area contributed by atoms with Crippen LogP contribution in [0.3, 0.4) is 0 Å². The van der Waals surface area contributed by atoms with Crippen molar-refractivity contribution in [2.45, 2.75) is 19.6 Å². The molecule has 2 aromatic rings. The first-order valence-corrected chi connectivity index (χ1v) is 8.60. The molecule has 2 aliphatic rings. The Kier molecular flexibility index (Phi) is 4.60. The van der Waals surface area contributed by atoms with Crippen LogP contribution in [0.25, 0.3) is 0 Å². The Labute approximate surface area is 160 Å². The monoisotopic (exact) mass is 384 g/mol. The molecule has 2 aliphatic heterocycles. The van der Waals surface area contributed by atoms with Gasteiger partial charge in [-0.25, -0.2) is 14.0 Å². The van der Waals surface area contributed by atoms with E-state index in [1.807, 2.05) is 0 Å². The van der Waals surface area contributed by atoms with Gasteiger partial charge in [-0.3, -0.25) is 0 Å². The minimum atomic E-state index is -0.737. The summed E-state index contributed by atoms with van der Waals surface area (Å²) in [5.74, 6) is 0.248. The highest BCUT2D eigenvalue weighted by Crippen LogP contribution is 2.33. The first-order chi connectivity index (χ1) is 13.5. The molecule has 7 nitrogen and oxygen atoms in total. The maximum absolute atomic E-state index is 13.2. The van der Waals surface area contributed by atoms with Gasteiger partial charge in [0.15, 0.2) is 11.5 Å². The van der Waals surface area contributed by atoms with E-state index in [1.165, 1.54) is 24.3 Å². The van der Waals surface area contributed by atoms with Gasteiger partial charge in [0.25, 0.3) is 0 Å². The summed E-state index contributed by atoms with van der Waals surface area (Å²) in [5, 5.41) is 5.25. The fraction of sp³-hybridized carbons (Fsp3) is 0.200. The predicted molar refractivity (Wildman–Crippen MR) is 95.9 cm³/mol. The Bertz CT molecular complexity index is 971. The molecule has 2 amide bonds. The van der Waals surface area contributed by atoms with Gasteiger partial charge in [-0.2, -0.15) is 0 Å². The molecule has 0 saturated carbocycles. The van der Waals surface area contributed by atoms with Crippen molar-refractivity contribution in [1.29, 1.82) is 0 Å². The van der Waals surface area contributed by atoms with E-state index < -0.39 is 23.9 Å². The second kappa shape index (κ2) is 7.22. The van der Waals surface area contributed by atoms with Crippen molar-refractivity contribution < 1.29 is 28.2 Å². The standard InChI is InChI=1S/C20H17FN2O5/c1-11-17(18(23-20(25)22-11)13-3-5-14(21)6-4-13)19(24)26-9-12-2-7-15-16(8-12)28-10-27-15/h2-8,18H,9-10H2,1H3,(H2,22,23,25)/t18-/m1/s1. The molecule has 28 heavy (non-hydrogen) atoms. The van der Waals surface area contributed by atoms with Crippen LogP contribution in [0.5, 0.6) is 11.5 Å². The molecule has 0 radical (unpaired) electrons. The van der Waals surface area contributed by atoms with E-state index >= 15 is 0 Å². The number of hydrogen-bond donors (Lipinski definition) is 2. The maximum atomic E-state index is 13.2. The Hall–Kier alpha value is -3.55. The van der Waals surface area contributed by atoms with Crippen LogP contribution < -0.4 is 20.1 Å². The van der Waals surface area contributed by atoms with Crippen molar-refractivity contribution in [2.75, 3.05) is 6.79 Å². The molecule has 0 aliphatic carbocycles. The quantitative estimate of drug-likeness (QED) is 0.792. The van der Waals surface area contributed by atoms with Gasteiger partial charge in [-0.15, -0.1) is 0 Å². The van der Waals surface area contributed by atoms with E-state index in [0.29, 0.717) is 22.8 Å². The van der Waals surface area contributed by atoms with Gasteiger partial charge in [-0.1, -0.05) is 18.2 Å². The number of fused-ring (bicyclic) bond motifs is 1. The number of amides is 2. The highest BCUT2D eigenvalue weighted by atomic mass is 19.1. The molecule has 4 rings (SSSR count). The summed E-state index contributed by atoms with van der Waals surface area (Å²) >= 11 is 0. The van der Waals surface area contributed by atoms with Crippen LogP contribution in [-0.4, -0.2) is 18.8 Å². The summed E-state index contributed by atoms with van der Waals surface area (Å²) in [6.45, 7) is 1.80. The molecule has 0 aromatic heterocycles. The molecule has 0 fully saturated rings. The summed E-state index contributed by atoms with van der Waals surface area (Å²) in [6.07, 6.45) is 0. The van der Waals surface area contributed by atoms with Crippen LogP contribution in [0.4, 0.5) is 9.18 Å². The molecule has 2 aromatic carbocycles. The predicted octanol–water partition coefficient (Wildman–Crippen LogP) is 2.93. The van der Waals surface area contributed by atoms with E-state index in [2.05, 4.69) is 10.6 Å². The van der Waals surface area contributed by atoms with Crippen LogP contribution in [0, 0.1) is 5.82 Å². The van der Waals surface area contributed by atoms with Gasteiger partial charge in [-0.05, 0) is 42.3 Å². The lowest BCUT2D eigenvalue weighted by Crippen LogP contribution is -2.45. The van der Waals surface area contributed by atoms with Crippen molar-refractivity contribution in [2.24, 2.45) is 0 Å². The maximum Gasteiger partial charge on any atom is 0.338 e. The lowest BCUT2D eigenvalue weighted by atomic mass is 9.95. The van der Waals surface area contributed by atoms with Crippen LogP contribution in [0.2, 0.25) is 0 Å². The number of allylic oxidation sites excluding steroid dienone is 1. The Morgan fingerprint density at radius 1 is 1.18 bits per heavy atom. The van der Waals surface area contributed by atoms with E-state index in [-0.39, 0.29) is 19.0 Å². The number of benzene rings is 2. The number of carbonyl (C=O) groups excluding carboxylic acids is 2. The third-order valence-electron chi connectivity index (χ3n) is 4.50. The van der Waals surface area contributed by atoms with Crippen LogP contribution in [-0.2, 0) is 16.1 Å². The van der Waals surface area contributed by atoms with Gasteiger partial charge >= 0.3 is 12.0 Å². The minimum absolute atomic E-state index is 0.0241. The van der Waals surface area contributed by atoms with Gasteiger partial charge in [0, 0.05) is 5.70 Å². The van der Waals surface area contributed by atoms with Crippen LogP contribution in [0.15, 0.2) is 53.7 Å². The molecule has 0 spiro atoms. The zero-order valence-electron chi connectivity index (χ0n) is 15.0. The van der Waals surface area contributed by atoms with Crippen LogP contribution >= 0.6 is 0 Å². The number of carbonyl (C=O) groups is 2. The number of urea groups is 1. The summed E-state index contributed by atoms with van der Waals surface area (Å²) in [7, 11) is 0. The number of rotatable bonds is 4. The second-order valence-electron chi connectivity index (χ2n) is 6.39. The largest absolute Gasteiger partial charge is 0.457 e. The first-order valence-electron chi connectivity index (χ1n) is 8.60. The normalized spacial score (nSPS) is 17.8. The Morgan fingerprint density at radius 3 is 2.71 bits per heavy atom. The number of esters is 1. The minimum Gasteiger partial charge on any atom is -0.457 e. The molecule has 2 N–H and O–H groups in total. The summed E-state index contributed by atoms with van der Waals surface area (Å²) < 4.78 is 29.3. The highest BCUT2D eigenvalue weighted by Gasteiger charge is 2.32. The lowest BCUT2D eigenvalue weighted by Gasteiger charge is -2.28. The van der Waals surface area contributed by atoms with E-state index in [9.17, 15) is 14.0 Å². The van der Waals surface area contributed by atoms with E-state index in [4.69, 9.17) is 14.2 Å². The molecule has 1 atom stereocenters. The van der Waals surface area contributed by atoms with E-state index in [0.717, 1.165) is 5.56 Å². The molecule has 0 unspecified atom stereocenters. The number of ether oxygens (including phenoxy) is 3. The zero-order valence-corrected chi connectivity index (χ0v) is 15.0. The topological polar surface area (TPSA) is 85.9 Å². The smallest absolute Gasteiger partial charge is 0.338 e. The van der Waals surface area contributed by atoms with Crippen molar-refractivity contribution in [3.8, 4) is 11.5 Å². The fourth-order valence-electron chi connectivity index (χ4n) is 3.13.